The van der Waals surface area contributed by atoms with Crippen molar-refractivity contribution in [1.82, 2.24) is 25.2 Å². The largest absolute Gasteiger partial charge is 0.446 e. The third-order valence-electron chi connectivity index (χ3n) is 3.75. The van der Waals surface area contributed by atoms with Gasteiger partial charge in [0.1, 0.15) is 22.9 Å². The van der Waals surface area contributed by atoms with Crippen LogP contribution in [0.25, 0.3) is 0 Å². The highest BCUT2D eigenvalue weighted by molar-refractivity contribution is 6.29. The number of rotatable bonds is 5. The molecule has 8 nitrogen and oxygen atoms in total. The van der Waals surface area contributed by atoms with Gasteiger partial charge < -0.3 is 14.8 Å². The number of aromatic nitrogens is 3. The minimum atomic E-state index is -0.694. The van der Waals surface area contributed by atoms with Crippen molar-refractivity contribution in [3.05, 3.63) is 40.6 Å². The molecular weight excluding hydrogens is 334 g/mol. The third kappa shape index (κ3) is 4.08. The number of amides is 1. The lowest BCUT2D eigenvalue weighted by molar-refractivity contribution is 0.0831. The summed E-state index contributed by atoms with van der Waals surface area (Å²) in [5.41, 5.74) is 1.09. The lowest BCUT2D eigenvalue weighted by Gasteiger charge is -2.27. The minimum absolute atomic E-state index is 0.127. The van der Waals surface area contributed by atoms with Crippen LogP contribution in [0.3, 0.4) is 0 Å². The van der Waals surface area contributed by atoms with Gasteiger partial charge in [-0.25, -0.2) is 15.0 Å². The fourth-order valence-electron chi connectivity index (χ4n) is 2.66. The zero-order valence-corrected chi connectivity index (χ0v) is 14.0. The highest BCUT2D eigenvalue weighted by atomic mass is 35.5. The first-order chi connectivity index (χ1) is 11.5. The first kappa shape index (κ1) is 16.8. The van der Waals surface area contributed by atoms with Gasteiger partial charge in [0.2, 0.25) is 0 Å². The highest BCUT2D eigenvalue weighted by Crippen LogP contribution is 2.19. The molecule has 0 fully saturated rings. The van der Waals surface area contributed by atoms with Gasteiger partial charge in [0.05, 0.1) is 11.8 Å². The van der Waals surface area contributed by atoms with E-state index in [-0.39, 0.29) is 17.4 Å². The molecule has 0 aromatic carbocycles. The molecule has 3 heterocycles. The predicted molar refractivity (Wildman–Crippen MR) is 85.6 cm³/mol. The maximum absolute atomic E-state index is 12.0. The van der Waals surface area contributed by atoms with Crippen molar-refractivity contribution < 1.29 is 14.3 Å². The molecule has 0 radical (unpaired) electrons. The topological polar surface area (TPSA) is 104 Å². The number of fused-ring (bicyclic) bond motifs is 1. The minimum Gasteiger partial charge on any atom is -0.446 e. The molecule has 128 valence electrons. The fraction of sp³-hybridized carbons (Fsp3) is 0.467. The average Bonchev–Trinajstić information content (AvgIpc) is 2.92. The number of halogens is 1. The summed E-state index contributed by atoms with van der Waals surface area (Å²) in [4.78, 5) is 25.9. The first-order valence-corrected chi connectivity index (χ1v) is 8.00. The van der Waals surface area contributed by atoms with Crippen LogP contribution in [0.1, 0.15) is 27.8 Å². The van der Waals surface area contributed by atoms with Gasteiger partial charge >= 0.3 is 0 Å². The van der Waals surface area contributed by atoms with Gasteiger partial charge in [-0.05, 0) is 0 Å². The maximum Gasteiger partial charge on any atom is 0.270 e. The van der Waals surface area contributed by atoms with Crippen LogP contribution in [0.2, 0.25) is 5.15 Å². The SMILES string of the molecule is Cc1nc2c(o1)CCN(C[C@@H](O)CNC(=O)c1cc(Cl)ncn1)C2. The number of hydrogen-bond acceptors (Lipinski definition) is 7. The van der Waals surface area contributed by atoms with Crippen LogP contribution < -0.4 is 5.32 Å². The van der Waals surface area contributed by atoms with E-state index < -0.39 is 12.0 Å². The number of oxazole rings is 1. The van der Waals surface area contributed by atoms with E-state index in [1.54, 1.807) is 0 Å². The number of hydrogen-bond donors (Lipinski definition) is 2. The Hall–Kier alpha value is -2.03. The van der Waals surface area contributed by atoms with Crippen LogP contribution in [0, 0.1) is 6.92 Å². The molecule has 2 aromatic heterocycles. The van der Waals surface area contributed by atoms with Crippen molar-refractivity contribution in [3.63, 3.8) is 0 Å². The molecule has 9 heteroatoms. The number of β-amino-alcohol motifs (C(OH)–C–C–N with tert-alkyl or cyclic N) is 1. The Morgan fingerprint density at radius 3 is 3.17 bits per heavy atom. The molecule has 1 aliphatic heterocycles. The van der Waals surface area contributed by atoms with Crippen molar-refractivity contribution >= 4 is 17.5 Å². The molecule has 0 saturated carbocycles. The number of aliphatic hydroxyl groups excluding tert-OH is 1. The van der Waals surface area contributed by atoms with E-state index >= 15 is 0 Å². The Bertz CT molecular complexity index is 736. The Morgan fingerprint density at radius 1 is 1.54 bits per heavy atom. The Morgan fingerprint density at radius 2 is 2.38 bits per heavy atom. The van der Waals surface area contributed by atoms with E-state index in [4.69, 9.17) is 16.0 Å². The number of nitrogens with zero attached hydrogens (tertiary/aromatic N) is 4. The van der Waals surface area contributed by atoms with E-state index in [1.807, 2.05) is 6.92 Å². The van der Waals surface area contributed by atoms with Crippen molar-refractivity contribution in [3.8, 4) is 0 Å². The second-order valence-corrected chi connectivity index (χ2v) is 6.06. The van der Waals surface area contributed by atoms with Crippen molar-refractivity contribution in [2.75, 3.05) is 19.6 Å². The van der Waals surface area contributed by atoms with Gasteiger partial charge in [0.15, 0.2) is 5.89 Å². The average molecular weight is 352 g/mol. The van der Waals surface area contributed by atoms with Crippen molar-refractivity contribution in [1.29, 1.82) is 0 Å². The summed E-state index contributed by atoms with van der Waals surface area (Å²) in [5, 5.41) is 13.0. The summed E-state index contributed by atoms with van der Waals surface area (Å²) < 4.78 is 5.52. The van der Waals surface area contributed by atoms with Crippen LogP contribution in [-0.4, -0.2) is 56.6 Å². The van der Waals surface area contributed by atoms with Crippen LogP contribution in [-0.2, 0) is 13.0 Å². The van der Waals surface area contributed by atoms with E-state index in [0.29, 0.717) is 19.0 Å². The highest BCUT2D eigenvalue weighted by Gasteiger charge is 2.23. The third-order valence-corrected chi connectivity index (χ3v) is 3.95. The Balaban J connectivity index is 1.48. The number of nitrogens with one attached hydrogen (secondary N) is 1. The number of carbonyl (C=O) groups excluding carboxylic acids is 1. The summed E-state index contributed by atoms with van der Waals surface area (Å²) in [5.74, 6) is 1.19. The second kappa shape index (κ2) is 7.25. The van der Waals surface area contributed by atoms with Gasteiger partial charge in [-0.3, -0.25) is 9.69 Å². The van der Waals surface area contributed by atoms with Crippen LogP contribution >= 0.6 is 11.6 Å². The summed E-state index contributed by atoms with van der Waals surface area (Å²) in [6.07, 6.45) is 1.30. The molecule has 1 atom stereocenters. The molecular formula is C15H18ClN5O3. The molecule has 0 aliphatic carbocycles. The van der Waals surface area contributed by atoms with Gasteiger partial charge in [-0.2, -0.15) is 0 Å². The van der Waals surface area contributed by atoms with E-state index in [9.17, 15) is 9.90 Å². The van der Waals surface area contributed by atoms with Crippen LogP contribution in [0.5, 0.6) is 0 Å². The maximum atomic E-state index is 12.0. The summed E-state index contributed by atoms with van der Waals surface area (Å²) >= 11 is 5.72. The summed E-state index contributed by atoms with van der Waals surface area (Å²) in [6, 6.07) is 1.38. The molecule has 0 unspecified atom stereocenters. The molecule has 3 rings (SSSR count). The fourth-order valence-corrected chi connectivity index (χ4v) is 2.81. The standard InChI is InChI=1S/C15H18ClN5O3/c1-9-20-12-7-21(3-2-13(12)24-9)6-10(22)5-17-15(23)11-4-14(16)19-8-18-11/h4,8,10,22H,2-3,5-7H2,1H3,(H,17,23)/t10-/m0/s1. The quantitative estimate of drug-likeness (QED) is 0.759. The molecule has 24 heavy (non-hydrogen) atoms. The molecule has 1 amide bonds. The van der Waals surface area contributed by atoms with Crippen LogP contribution in [0.4, 0.5) is 0 Å². The van der Waals surface area contributed by atoms with Gasteiger partial charge in [-0.1, -0.05) is 11.6 Å². The second-order valence-electron chi connectivity index (χ2n) is 5.68. The predicted octanol–water partition coefficient (Wildman–Crippen LogP) is 0.575. The Labute approximate surface area is 143 Å². The smallest absolute Gasteiger partial charge is 0.270 e. The zero-order chi connectivity index (χ0) is 17.1. The van der Waals surface area contributed by atoms with Gasteiger partial charge in [0, 0.05) is 45.6 Å². The molecule has 2 N–H and O–H groups in total. The number of carbonyl (C=O) groups is 1. The lowest BCUT2D eigenvalue weighted by Crippen LogP contribution is -2.42. The molecule has 1 aliphatic rings. The molecule has 0 spiro atoms. The first-order valence-electron chi connectivity index (χ1n) is 7.62. The number of aliphatic hydroxyl groups is 1. The monoisotopic (exact) mass is 351 g/mol. The Kier molecular flexibility index (Phi) is 5.08. The van der Waals surface area contributed by atoms with E-state index in [1.165, 1.54) is 12.4 Å². The molecule has 2 aromatic rings. The molecule has 0 bridgehead atoms. The van der Waals surface area contributed by atoms with Crippen LogP contribution in [0.15, 0.2) is 16.8 Å². The summed E-state index contributed by atoms with van der Waals surface area (Å²) in [7, 11) is 0. The zero-order valence-electron chi connectivity index (χ0n) is 13.2. The van der Waals surface area contributed by atoms with Crippen molar-refractivity contribution in [2.45, 2.75) is 26.0 Å². The van der Waals surface area contributed by atoms with Crippen molar-refractivity contribution in [2.24, 2.45) is 0 Å². The lowest BCUT2D eigenvalue weighted by atomic mass is 10.1. The molecule has 0 saturated heterocycles. The summed E-state index contributed by atoms with van der Waals surface area (Å²) in [6.45, 7) is 3.82. The van der Waals surface area contributed by atoms with E-state index in [2.05, 4.69) is 25.2 Å². The number of aryl methyl sites for hydroxylation is 1. The van der Waals surface area contributed by atoms with Gasteiger partial charge in [0.25, 0.3) is 5.91 Å². The van der Waals surface area contributed by atoms with E-state index in [0.717, 1.165) is 24.4 Å². The van der Waals surface area contributed by atoms with Gasteiger partial charge in [-0.15, -0.1) is 0 Å². The normalized spacial score (nSPS) is 15.8.